The van der Waals surface area contributed by atoms with Gasteiger partial charge in [-0.25, -0.2) is 4.99 Å². The van der Waals surface area contributed by atoms with Crippen LogP contribution in [0, 0.1) is 33.5 Å². The molecule has 7 nitrogen and oxygen atoms in total. The molecular formula is C17H16N4O3. The highest BCUT2D eigenvalue weighted by Crippen LogP contribution is 2.82. The Labute approximate surface area is 139 Å². The normalized spacial score (nSPS) is 35.0. The lowest BCUT2D eigenvalue weighted by Gasteiger charge is -2.25. The van der Waals surface area contributed by atoms with E-state index in [0.717, 1.165) is 11.3 Å². The molecule has 0 radical (unpaired) electrons. The minimum absolute atomic E-state index is 0.104. The molecule has 0 aromatic heterocycles. The molecule has 0 amide bonds. The Balaban J connectivity index is 1.82. The van der Waals surface area contributed by atoms with Gasteiger partial charge in [-0.05, 0) is 24.6 Å². The third-order valence-electron chi connectivity index (χ3n) is 5.13. The van der Waals surface area contributed by atoms with E-state index in [1.165, 1.54) is 0 Å². The molecule has 2 fully saturated rings. The number of benzene rings is 1. The maximum Gasteiger partial charge on any atom is 0.293 e. The van der Waals surface area contributed by atoms with Crippen molar-refractivity contribution >= 4 is 5.84 Å². The molecule has 2 heterocycles. The number of nitriles is 2. The Bertz CT molecular complexity index is 801. The highest BCUT2D eigenvalue weighted by Gasteiger charge is 2.94. The van der Waals surface area contributed by atoms with E-state index in [1.807, 2.05) is 31.2 Å². The molecule has 1 saturated carbocycles. The Kier molecular flexibility index (Phi) is 2.93. The van der Waals surface area contributed by atoms with Gasteiger partial charge < -0.3 is 19.9 Å². The number of nitrogens with zero attached hydrogens (tertiary/aromatic N) is 3. The fourth-order valence-corrected chi connectivity index (χ4v) is 4.14. The Morgan fingerprint density at radius 3 is 2.46 bits per heavy atom. The van der Waals surface area contributed by atoms with Gasteiger partial charge in [-0.15, -0.1) is 0 Å². The van der Waals surface area contributed by atoms with Gasteiger partial charge in [0.25, 0.3) is 5.91 Å². The van der Waals surface area contributed by atoms with Crippen LogP contribution in [0.5, 0.6) is 5.75 Å². The summed E-state index contributed by atoms with van der Waals surface area (Å²) in [5.41, 5.74) is 4.41. The Hall–Kier alpha value is -2.61. The second-order valence-electron chi connectivity index (χ2n) is 6.05. The van der Waals surface area contributed by atoms with Gasteiger partial charge in [0.1, 0.15) is 17.0 Å². The average Bonchev–Trinajstić information content (AvgIpc) is 2.84. The van der Waals surface area contributed by atoms with Gasteiger partial charge in [0, 0.05) is 5.92 Å². The molecule has 2 N–H and O–H groups in total. The average molecular weight is 324 g/mol. The van der Waals surface area contributed by atoms with Crippen molar-refractivity contribution < 1.29 is 14.2 Å². The molecule has 24 heavy (non-hydrogen) atoms. The summed E-state index contributed by atoms with van der Waals surface area (Å²) in [6, 6.07) is 11.8. The van der Waals surface area contributed by atoms with Gasteiger partial charge in [-0.3, -0.25) is 0 Å². The van der Waals surface area contributed by atoms with Crippen LogP contribution in [-0.2, 0) is 9.47 Å². The van der Waals surface area contributed by atoms with E-state index in [4.69, 9.17) is 19.9 Å². The predicted octanol–water partition coefficient (Wildman–Crippen LogP) is 1.27. The van der Waals surface area contributed by atoms with Crippen LogP contribution in [0.2, 0.25) is 0 Å². The molecule has 1 aliphatic carbocycles. The molecule has 1 aromatic carbocycles. The van der Waals surface area contributed by atoms with Crippen LogP contribution in [-0.4, -0.2) is 31.6 Å². The lowest BCUT2D eigenvalue weighted by molar-refractivity contribution is -0.184. The molecule has 0 unspecified atom stereocenters. The van der Waals surface area contributed by atoms with Crippen molar-refractivity contribution in [2.45, 2.75) is 18.8 Å². The Morgan fingerprint density at radius 2 is 1.92 bits per heavy atom. The minimum atomic E-state index is -1.48. The van der Waals surface area contributed by atoms with Gasteiger partial charge in [0.15, 0.2) is 5.41 Å². The fraction of sp³-hybridized carbons (Fsp3) is 0.471. The van der Waals surface area contributed by atoms with Crippen LogP contribution in [0.1, 0.15) is 18.4 Å². The summed E-state index contributed by atoms with van der Waals surface area (Å²) < 4.78 is 16.8. The van der Waals surface area contributed by atoms with Gasteiger partial charge in [0.05, 0.1) is 32.0 Å². The van der Waals surface area contributed by atoms with Crippen LogP contribution in [0.25, 0.3) is 0 Å². The summed E-state index contributed by atoms with van der Waals surface area (Å²) in [7, 11) is 0. The van der Waals surface area contributed by atoms with Crippen LogP contribution >= 0.6 is 0 Å². The number of fused-ring (bicyclic) bond motifs is 2. The zero-order chi connectivity index (χ0) is 17.0. The number of aliphatic imine (C=N–C) groups is 1. The standard InChI is InChI=1S/C17H16N4O3/c1-2-22-12-5-3-11(4-6-12)13-15(9-18)14(20)21-17(16(13,15)10-19)23-7-8-24-17/h3-6,13H,2,7-8H2,1H3,(H2,20,21)/t13-,15+,16+/m0/s1. The molecule has 1 aromatic rings. The lowest BCUT2D eigenvalue weighted by Crippen LogP contribution is -2.38. The van der Waals surface area contributed by atoms with E-state index in [9.17, 15) is 10.5 Å². The fourth-order valence-electron chi connectivity index (χ4n) is 4.14. The number of hydrogen-bond donors (Lipinski definition) is 1. The topological polar surface area (TPSA) is 114 Å². The molecular weight excluding hydrogens is 308 g/mol. The first-order valence-electron chi connectivity index (χ1n) is 7.81. The van der Waals surface area contributed by atoms with Gasteiger partial charge in [0.2, 0.25) is 0 Å². The molecule has 1 saturated heterocycles. The van der Waals surface area contributed by atoms with Crippen molar-refractivity contribution in [3.8, 4) is 17.9 Å². The van der Waals surface area contributed by atoms with E-state index >= 15 is 0 Å². The van der Waals surface area contributed by atoms with Gasteiger partial charge >= 0.3 is 0 Å². The minimum Gasteiger partial charge on any atom is -0.494 e. The van der Waals surface area contributed by atoms with E-state index < -0.39 is 22.7 Å². The van der Waals surface area contributed by atoms with Crippen LogP contribution in [0.3, 0.4) is 0 Å². The second-order valence-corrected chi connectivity index (χ2v) is 6.05. The molecule has 1 spiro atoms. The van der Waals surface area contributed by atoms with Crippen molar-refractivity contribution in [2.24, 2.45) is 21.6 Å². The molecule has 4 rings (SSSR count). The first-order chi connectivity index (χ1) is 11.6. The van der Waals surface area contributed by atoms with E-state index in [-0.39, 0.29) is 5.84 Å². The smallest absolute Gasteiger partial charge is 0.293 e. The lowest BCUT2D eigenvalue weighted by atomic mass is 9.94. The van der Waals surface area contributed by atoms with Gasteiger partial charge in [-0.1, -0.05) is 12.1 Å². The zero-order valence-corrected chi connectivity index (χ0v) is 13.2. The Morgan fingerprint density at radius 1 is 1.25 bits per heavy atom. The number of hydrogen-bond acceptors (Lipinski definition) is 7. The third kappa shape index (κ3) is 1.40. The molecule has 122 valence electrons. The highest BCUT2D eigenvalue weighted by molar-refractivity contribution is 6.00. The summed E-state index contributed by atoms with van der Waals surface area (Å²) in [6.07, 6.45) is 0. The molecule has 3 atom stereocenters. The molecule has 0 bridgehead atoms. The number of rotatable bonds is 3. The number of amidine groups is 1. The van der Waals surface area contributed by atoms with Gasteiger partial charge in [-0.2, -0.15) is 10.5 Å². The SMILES string of the molecule is CCOc1ccc([C@H]2[C@]3(C#N)C(N)=NC4(OCCO4)[C@]23C#N)cc1. The largest absolute Gasteiger partial charge is 0.494 e. The first kappa shape index (κ1) is 14.9. The van der Waals surface area contributed by atoms with E-state index in [1.54, 1.807) is 0 Å². The first-order valence-corrected chi connectivity index (χ1v) is 7.81. The van der Waals surface area contributed by atoms with Crippen molar-refractivity contribution in [1.82, 2.24) is 0 Å². The summed E-state index contributed by atoms with van der Waals surface area (Å²) in [5, 5.41) is 19.8. The van der Waals surface area contributed by atoms with Crippen molar-refractivity contribution in [2.75, 3.05) is 19.8 Å². The van der Waals surface area contributed by atoms with E-state index in [0.29, 0.717) is 19.8 Å². The third-order valence-corrected chi connectivity index (χ3v) is 5.13. The summed E-state index contributed by atoms with van der Waals surface area (Å²) in [5.74, 6) is -1.10. The maximum atomic E-state index is 9.96. The molecule has 3 aliphatic rings. The summed E-state index contributed by atoms with van der Waals surface area (Å²) in [4.78, 5) is 4.24. The van der Waals surface area contributed by atoms with Crippen molar-refractivity contribution in [1.29, 1.82) is 10.5 Å². The highest BCUT2D eigenvalue weighted by atomic mass is 16.8. The predicted molar refractivity (Wildman–Crippen MR) is 82.7 cm³/mol. The zero-order valence-electron chi connectivity index (χ0n) is 13.2. The molecule has 7 heteroatoms. The van der Waals surface area contributed by atoms with Crippen LogP contribution < -0.4 is 10.5 Å². The second kappa shape index (κ2) is 4.70. The number of ether oxygens (including phenoxy) is 3. The quantitative estimate of drug-likeness (QED) is 0.895. The van der Waals surface area contributed by atoms with Crippen molar-refractivity contribution in [3.63, 3.8) is 0 Å². The summed E-state index contributed by atoms with van der Waals surface area (Å²) in [6.45, 7) is 3.11. The summed E-state index contributed by atoms with van der Waals surface area (Å²) >= 11 is 0. The number of nitrogens with two attached hydrogens (primary N) is 1. The van der Waals surface area contributed by atoms with E-state index in [2.05, 4.69) is 17.1 Å². The maximum absolute atomic E-state index is 9.96. The van der Waals surface area contributed by atoms with Crippen molar-refractivity contribution in [3.05, 3.63) is 29.8 Å². The monoisotopic (exact) mass is 324 g/mol. The van der Waals surface area contributed by atoms with Crippen LogP contribution in [0.15, 0.2) is 29.3 Å². The van der Waals surface area contributed by atoms with Crippen LogP contribution in [0.4, 0.5) is 0 Å². The molecule has 2 aliphatic heterocycles.